The van der Waals surface area contributed by atoms with E-state index in [0.717, 1.165) is 30.7 Å². The Morgan fingerprint density at radius 1 is 1.53 bits per heavy atom. The van der Waals surface area contributed by atoms with Crippen LogP contribution in [0.5, 0.6) is 0 Å². The van der Waals surface area contributed by atoms with E-state index in [9.17, 15) is 4.79 Å². The molecule has 1 amide bonds. The van der Waals surface area contributed by atoms with Crippen LogP contribution in [0.2, 0.25) is 0 Å². The third kappa shape index (κ3) is 3.26. The van der Waals surface area contributed by atoms with E-state index < -0.39 is 0 Å². The second-order valence-corrected chi connectivity index (χ2v) is 5.64. The van der Waals surface area contributed by atoms with Crippen LogP contribution in [0.15, 0.2) is 11.6 Å². The monoisotopic (exact) mass is 253 g/mol. The molecule has 94 valence electrons. The van der Waals surface area contributed by atoms with Gasteiger partial charge in [-0.1, -0.05) is 0 Å². The van der Waals surface area contributed by atoms with Crippen LogP contribution in [0, 0.1) is 5.92 Å². The highest BCUT2D eigenvalue weighted by atomic mass is 32.1. The quantitative estimate of drug-likeness (QED) is 0.860. The first kappa shape index (κ1) is 12.5. The Labute approximate surface area is 106 Å². The van der Waals surface area contributed by atoms with Crippen LogP contribution < -0.4 is 11.1 Å². The fourth-order valence-electron chi connectivity index (χ4n) is 2.42. The first-order valence-corrected chi connectivity index (χ1v) is 6.99. The number of nitrogens with two attached hydrogens (primary N) is 1. The molecule has 1 aliphatic carbocycles. The van der Waals surface area contributed by atoms with Crippen molar-refractivity contribution in [2.45, 2.75) is 44.7 Å². The van der Waals surface area contributed by atoms with E-state index in [1.807, 2.05) is 11.6 Å². The molecule has 1 atom stereocenters. The molecule has 5 heteroatoms. The number of hydrogen-bond donors (Lipinski definition) is 2. The van der Waals surface area contributed by atoms with Crippen LogP contribution >= 0.6 is 11.3 Å². The molecule has 4 nitrogen and oxygen atoms in total. The normalized spacial score (nSPS) is 26.6. The number of hydrogen-bond acceptors (Lipinski definition) is 4. The molecule has 0 aromatic carbocycles. The first-order valence-electron chi connectivity index (χ1n) is 6.11. The summed E-state index contributed by atoms with van der Waals surface area (Å²) in [6.07, 6.45) is 5.73. The molecular weight excluding hydrogens is 234 g/mol. The Balaban J connectivity index is 1.80. The number of carbonyl (C=O) groups is 1. The molecule has 0 radical (unpaired) electrons. The van der Waals surface area contributed by atoms with Gasteiger partial charge in [0.25, 0.3) is 0 Å². The lowest BCUT2D eigenvalue weighted by atomic mass is 9.85. The van der Waals surface area contributed by atoms with Gasteiger partial charge in [0.2, 0.25) is 5.91 Å². The van der Waals surface area contributed by atoms with Crippen molar-refractivity contribution in [1.29, 1.82) is 0 Å². The van der Waals surface area contributed by atoms with E-state index in [4.69, 9.17) is 5.73 Å². The van der Waals surface area contributed by atoms with Gasteiger partial charge in [0.1, 0.15) is 5.01 Å². The summed E-state index contributed by atoms with van der Waals surface area (Å²) in [6, 6.07) is 0.787. The van der Waals surface area contributed by atoms with Crippen molar-refractivity contribution in [2.75, 3.05) is 0 Å². The summed E-state index contributed by atoms with van der Waals surface area (Å²) in [5, 5.41) is 6.70. The highest BCUT2D eigenvalue weighted by molar-refractivity contribution is 7.09. The number of primary amides is 1. The van der Waals surface area contributed by atoms with Crippen LogP contribution in [0.1, 0.15) is 43.7 Å². The smallest absolute Gasteiger partial charge is 0.220 e. The van der Waals surface area contributed by atoms with E-state index in [1.165, 1.54) is 0 Å². The number of aromatic nitrogens is 1. The minimum atomic E-state index is -0.142. The van der Waals surface area contributed by atoms with Crippen LogP contribution in [-0.4, -0.2) is 16.9 Å². The maximum Gasteiger partial charge on any atom is 0.220 e. The Morgan fingerprint density at radius 2 is 2.24 bits per heavy atom. The van der Waals surface area contributed by atoms with Crippen LogP contribution in [0.3, 0.4) is 0 Å². The van der Waals surface area contributed by atoms with Crippen molar-refractivity contribution >= 4 is 17.2 Å². The third-order valence-electron chi connectivity index (χ3n) is 3.44. The van der Waals surface area contributed by atoms with Gasteiger partial charge in [-0.15, -0.1) is 11.3 Å². The number of thiazole rings is 1. The van der Waals surface area contributed by atoms with Crippen molar-refractivity contribution in [3.05, 3.63) is 16.6 Å². The number of rotatable bonds is 4. The summed E-state index contributed by atoms with van der Waals surface area (Å²) in [5.41, 5.74) is 5.32. The molecule has 1 unspecified atom stereocenters. The van der Waals surface area contributed by atoms with Crippen LogP contribution in [0.4, 0.5) is 0 Å². The van der Waals surface area contributed by atoms with Crippen molar-refractivity contribution < 1.29 is 4.79 Å². The highest BCUT2D eigenvalue weighted by Crippen LogP contribution is 2.26. The zero-order valence-electron chi connectivity index (χ0n) is 10.1. The standard InChI is InChI=1S/C12H19N3OS/c1-8(12-14-6-7-17-12)15-10-4-2-9(3-5-10)11(13)16/h6-10,15H,2-5H2,1H3,(H2,13,16). The van der Waals surface area contributed by atoms with Gasteiger partial charge in [-0.05, 0) is 32.6 Å². The summed E-state index contributed by atoms with van der Waals surface area (Å²) in [5.74, 6) is -0.0559. The van der Waals surface area contributed by atoms with Gasteiger partial charge >= 0.3 is 0 Å². The van der Waals surface area contributed by atoms with E-state index in [1.54, 1.807) is 11.3 Å². The number of nitrogens with one attached hydrogen (secondary N) is 1. The molecule has 0 aliphatic heterocycles. The molecule has 0 spiro atoms. The summed E-state index contributed by atoms with van der Waals surface area (Å²) in [6.45, 7) is 2.14. The first-order chi connectivity index (χ1) is 8.16. The summed E-state index contributed by atoms with van der Waals surface area (Å²) in [4.78, 5) is 15.4. The fourth-order valence-corrected chi connectivity index (χ4v) is 3.07. The summed E-state index contributed by atoms with van der Waals surface area (Å²) in [7, 11) is 0. The second kappa shape index (κ2) is 5.60. The van der Waals surface area contributed by atoms with Crippen LogP contribution in [-0.2, 0) is 4.79 Å². The Hall–Kier alpha value is -0.940. The maximum absolute atomic E-state index is 11.1. The summed E-state index contributed by atoms with van der Waals surface area (Å²) >= 11 is 1.68. The summed E-state index contributed by atoms with van der Waals surface area (Å²) < 4.78 is 0. The predicted octanol–water partition coefficient (Wildman–Crippen LogP) is 1.84. The van der Waals surface area contributed by atoms with Crippen molar-refractivity contribution in [2.24, 2.45) is 11.7 Å². The Bertz CT molecular complexity index is 358. The molecule has 1 heterocycles. The molecular formula is C12H19N3OS. The average Bonchev–Trinajstić information content (AvgIpc) is 2.83. The topological polar surface area (TPSA) is 68.0 Å². The largest absolute Gasteiger partial charge is 0.369 e. The van der Waals surface area contributed by atoms with E-state index in [0.29, 0.717) is 12.1 Å². The lowest BCUT2D eigenvalue weighted by Crippen LogP contribution is -2.37. The fraction of sp³-hybridized carbons (Fsp3) is 0.667. The van der Waals surface area contributed by atoms with Crippen molar-refractivity contribution in [3.63, 3.8) is 0 Å². The predicted molar refractivity (Wildman–Crippen MR) is 68.6 cm³/mol. The molecule has 3 N–H and O–H groups in total. The molecule has 17 heavy (non-hydrogen) atoms. The lowest BCUT2D eigenvalue weighted by Gasteiger charge is -2.29. The SMILES string of the molecule is CC(NC1CCC(C(N)=O)CC1)c1nccs1. The van der Waals surface area contributed by atoms with Gasteiger partial charge in [0.05, 0.1) is 6.04 Å². The Kier molecular flexibility index (Phi) is 4.12. The van der Waals surface area contributed by atoms with Crippen molar-refractivity contribution in [1.82, 2.24) is 10.3 Å². The molecule has 0 saturated heterocycles. The van der Waals surface area contributed by atoms with Gasteiger partial charge in [0, 0.05) is 23.5 Å². The average molecular weight is 253 g/mol. The highest BCUT2D eigenvalue weighted by Gasteiger charge is 2.25. The number of amides is 1. The molecule has 1 aromatic rings. The van der Waals surface area contributed by atoms with Gasteiger partial charge in [-0.2, -0.15) is 0 Å². The zero-order valence-corrected chi connectivity index (χ0v) is 10.9. The number of nitrogens with zero attached hydrogens (tertiary/aromatic N) is 1. The van der Waals surface area contributed by atoms with Gasteiger partial charge in [-0.25, -0.2) is 4.98 Å². The molecule has 1 fully saturated rings. The minimum Gasteiger partial charge on any atom is -0.369 e. The van der Waals surface area contributed by atoms with E-state index >= 15 is 0 Å². The van der Waals surface area contributed by atoms with Gasteiger partial charge in [0.15, 0.2) is 0 Å². The lowest BCUT2D eigenvalue weighted by molar-refractivity contribution is -0.122. The minimum absolute atomic E-state index is 0.0863. The van der Waals surface area contributed by atoms with E-state index in [-0.39, 0.29) is 11.8 Å². The molecule has 2 rings (SSSR count). The number of carbonyl (C=O) groups excluding carboxylic acids is 1. The van der Waals surface area contributed by atoms with E-state index in [2.05, 4.69) is 17.2 Å². The zero-order chi connectivity index (χ0) is 12.3. The van der Waals surface area contributed by atoms with Gasteiger partial charge < -0.3 is 11.1 Å². The maximum atomic E-state index is 11.1. The molecule has 1 aliphatic rings. The molecule has 0 bridgehead atoms. The van der Waals surface area contributed by atoms with Crippen LogP contribution in [0.25, 0.3) is 0 Å². The Morgan fingerprint density at radius 3 is 2.76 bits per heavy atom. The third-order valence-corrected chi connectivity index (χ3v) is 4.40. The second-order valence-electron chi connectivity index (χ2n) is 4.71. The molecule has 1 aromatic heterocycles. The van der Waals surface area contributed by atoms with Gasteiger partial charge in [-0.3, -0.25) is 4.79 Å². The van der Waals surface area contributed by atoms with Crippen molar-refractivity contribution in [3.8, 4) is 0 Å². The molecule has 1 saturated carbocycles.